The van der Waals surface area contributed by atoms with Crippen molar-refractivity contribution in [1.29, 1.82) is 0 Å². The molecule has 0 radical (unpaired) electrons. The van der Waals surface area contributed by atoms with Gasteiger partial charge >= 0.3 is 5.97 Å². The van der Waals surface area contributed by atoms with E-state index in [4.69, 9.17) is 0 Å². The second kappa shape index (κ2) is 5.35. The smallest absolute Gasteiger partial charge is 0.313 e. The standard InChI is InChI=1S/C15H22O2/c1-11(2)8-9-12-6-5-7-13(10-12)15(3,4)14(16)17/h5-7,10-11H,8-9H2,1-4H3,(H,16,17). The van der Waals surface area contributed by atoms with Gasteiger partial charge in [0.25, 0.3) is 0 Å². The molecule has 1 aromatic carbocycles. The molecular formula is C15H22O2. The number of carbonyl (C=O) groups is 1. The Morgan fingerprint density at radius 1 is 1.35 bits per heavy atom. The van der Waals surface area contributed by atoms with Crippen molar-refractivity contribution in [2.24, 2.45) is 5.92 Å². The third-order valence-electron chi connectivity index (χ3n) is 3.19. The van der Waals surface area contributed by atoms with Crippen LogP contribution in [0.15, 0.2) is 24.3 Å². The molecule has 0 bridgehead atoms. The summed E-state index contributed by atoms with van der Waals surface area (Å²) in [5, 5.41) is 9.20. The first-order valence-corrected chi connectivity index (χ1v) is 6.17. The van der Waals surface area contributed by atoms with Gasteiger partial charge in [-0.2, -0.15) is 0 Å². The molecule has 2 heteroatoms. The molecule has 0 atom stereocenters. The average Bonchev–Trinajstić information content (AvgIpc) is 2.26. The number of carboxylic acid groups (broad SMARTS) is 1. The maximum absolute atomic E-state index is 11.2. The molecule has 0 fully saturated rings. The second-order valence-electron chi connectivity index (χ2n) is 5.56. The molecule has 1 N–H and O–H groups in total. The van der Waals surface area contributed by atoms with Crippen LogP contribution in [-0.2, 0) is 16.6 Å². The lowest BCUT2D eigenvalue weighted by atomic mass is 9.83. The van der Waals surface area contributed by atoms with Crippen LogP contribution in [0.5, 0.6) is 0 Å². The maximum Gasteiger partial charge on any atom is 0.313 e. The lowest BCUT2D eigenvalue weighted by molar-refractivity contribution is -0.142. The average molecular weight is 234 g/mol. The first-order valence-electron chi connectivity index (χ1n) is 6.17. The summed E-state index contributed by atoms with van der Waals surface area (Å²) in [6.45, 7) is 7.89. The molecule has 94 valence electrons. The third kappa shape index (κ3) is 3.58. The summed E-state index contributed by atoms with van der Waals surface area (Å²) in [6, 6.07) is 7.95. The van der Waals surface area contributed by atoms with E-state index in [1.54, 1.807) is 13.8 Å². The van der Waals surface area contributed by atoms with Crippen molar-refractivity contribution in [3.63, 3.8) is 0 Å². The molecule has 0 spiro atoms. The number of benzene rings is 1. The fraction of sp³-hybridized carbons (Fsp3) is 0.533. The number of hydrogen-bond donors (Lipinski definition) is 1. The van der Waals surface area contributed by atoms with Gasteiger partial charge in [0.1, 0.15) is 0 Å². The van der Waals surface area contributed by atoms with Crippen LogP contribution in [0.25, 0.3) is 0 Å². The van der Waals surface area contributed by atoms with E-state index < -0.39 is 11.4 Å². The Labute approximate surface area is 104 Å². The zero-order chi connectivity index (χ0) is 13.1. The van der Waals surface area contributed by atoms with Crippen LogP contribution in [-0.4, -0.2) is 11.1 Å². The zero-order valence-corrected chi connectivity index (χ0v) is 11.2. The van der Waals surface area contributed by atoms with Crippen molar-refractivity contribution in [2.45, 2.75) is 46.0 Å². The number of aliphatic carboxylic acids is 1. The minimum absolute atomic E-state index is 0.672. The zero-order valence-electron chi connectivity index (χ0n) is 11.2. The highest BCUT2D eigenvalue weighted by atomic mass is 16.4. The predicted octanol–water partition coefficient (Wildman–Crippen LogP) is 3.64. The molecule has 0 aliphatic heterocycles. The van der Waals surface area contributed by atoms with E-state index in [2.05, 4.69) is 19.9 Å². The van der Waals surface area contributed by atoms with E-state index in [1.807, 2.05) is 18.2 Å². The van der Waals surface area contributed by atoms with Gasteiger partial charge in [0.05, 0.1) is 5.41 Å². The van der Waals surface area contributed by atoms with Gasteiger partial charge in [-0.3, -0.25) is 4.79 Å². The van der Waals surface area contributed by atoms with Crippen LogP contribution in [0.3, 0.4) is 0 Å². The molecule has 0 aliphatic carbocycles. The molecule has 0 heterocycles. The Kier molecular flexibility index (Phi) is 4.33. The highest BCUT2D eigenvalue weighted by Crippen LogP contribution is 2.24. The summed E-state index contributed by atoms with van der Waals surface area (Å²) in [7, 11) is 0. The van der Waals surface area contributed by atoms with Crippen LogP contribution in [0, 0.1) is 5.92 Å². The van der Waals surface area contributed by atoms with E-state index in [1.165, 1.54) is 5.56 Å². The molecule has 2 nitrogen and oxygen atoms in total. The molecule has 0 unspecified atom stereocenters. The summed E-state index contributed by atoms with van der Waals surface area (Å²) in [5.74, 6) is -0.107. The van der Waals surface area contributed by atoms with Crippen molar-refractivity contribution in [1.82, 2.24) is 0 Å². The lowest BCUT2D eigenvalue weighted by Gasteiger charge is -2.20. The monoisotopic (exact) mass is 234 g/mol. The summed E-state index contributed by atoms with van der Waals surface area (Å²) in [5.41, 5.74) is 1.30. The molecule has 0 amide bonds. The van der Waals surface area contributed by atoms with Gasteiger partial charge in [0.2, 0.25) is 0 Å². The van der Waals surface area contributed by atoms with E-state index in [0.717, 1.165) is 18.4 Å². The SMILES string of the molecule is CC(C)CCc1cccc(C(C)(C)C(=O)O)c1. The molecule has 0 aliphatic rings. The van der Waals surface area contributed by atoms with E-state index >= 15 is 0 Å². The highest BCUT2D eigenvalue weighted by Gasteiger charge is 2.29. The van der Waals surface area contributed by atoms with Gasteiger partial charge in [0, 0.05) is 0 Å². The van der Waals surface area contributed by atoms with Crippen molar-refractivity contribution in [3.05, 3.63) is 35.4 Å². The molecular weight excluding hydrogens is 212 g/mol. The van der Waals surface area contributed by atoms with E-state index in [0.29, 0.717) is 5.92 Å². The molecule has 0 saturated carbocycles. The van der Waals surface area contributed by atoms with E-state index in [-0.39, 0.29) is 0 Å². The molecule has 0 saturated heterocycles. The molecule has 0 aromatic heterocycles. The van der Waals surface area contributed by atoms with Gasteiger partial charge in [-0.05, 0) is 43.7 Å². The lowest BCUT2D eigenvalue weighted by Crippen LogP contribution is -2.28. The first kappa shape index (κ1) is 13.8. The van der Waals surface area contributed by atoms with Crippen LogP contribution in [0.4, 0.5) is 0 Å². The summed E-state index contributed by atoms with van der Waals surface area (Å²) in [4.78, 5) is 11.2. The molecule has 17 heavy (non-hydrogen) atoms. The van der Waals surface area contributed by atoms with Crippen molar-refractivity contribution >= 4 is 5.97 Å². The number of rotatable bonds is 5. The van der Waals surface area contributed by atoms with Crippen LogP contribution in [0.1, 0.15) is 45.2 Å². The Morgan fingerprint density at radius 3 is 2.53 bits per heavy atom. The van der Waals surface area contributed by atoms with Crippen molar-refractivity contribution < 1.29 is 9.90 Å². The highest BCUT2D eigenvalue weighted by molar-refractivity contribution is 5.80. The van der Waals surface area contributed by atoms with Gasteiger partial charge in [0.15, 0.2) is 0 Å². The van der Waals surface area contributed by atoms with Crippen LogP contribution in [0.2, 0.25) is 0 Å². The number of carboxylic acids is 1. The van der Waals surface area contributed by atoms with Gasteiger partial charge in [-0.25, -0.2) is 0 Å². The largest absolute Gasteiger partial charge is 0.481 e. The van der Waals surface area contributed by atoms with E-state index in [9.17, 15) is 9.90 Å². The summed E-state index contributed by atoms with van der Waals surface area (Å²) >= 11 is 0. The molecule has 1 rings (SSSR count). The topological polar surface area (TPSA) is 37.3 Å². The molecule has 1 aromatic rings. The van der Waals surface area contributed by atoms with Gasteiger partial charge in [-0.1, -0.05) is 38.1 Å². The van der Waals surface area contributed by atoms with Crippen molar-refractivity contribution in [2.75, 3.05) is 0 Å². The minimum Gasteiger partial charge on any atom is -0.481 e. The Bertz CT molecular complexity index is 392. The second-order valence-corrected chi connectivity index (χ2v) is 5.56. The Balaban J connectivity index is 2.89. The fourth-order valence-electron chi connectivity index (χ4n) is 1.69. The van der Waals surface area contributed by atoms with Crippen molar-refractivity contribution in [3.8, 4) is 0 Å². The normalized spacial score (nSPS) is 11.8. The Morgan fingerprint density at radius 2 is 2.00 bits per heavy atom. The fourth-order valence-corrected chi connectivity index (χ4v) is 1.69. The first-order chi connectivity index (χ1) is 7.84. The quantitative estimate of drug-likeness (QED) is 0.844. The van der Waals surface area contributed by atoms with Gasteiger partial charge < -0.3 is 5.11 Å². The summed E-state index contributed by atoms with van der Waals surface area (Å²) < 4.78 is 0. The minimum atomic E-state index is -0.812. The van der Waals surface area contributed by atoms with Gasteiger partial charge in [-0.15, -0.1) is 0 Å². The predicted molar refractivity (Wildman–Crippen MR) is 70.3 cm³/mol. The third-order valence-corrected chi connectivity index (χ3v) is 3.19. The number of aryl methyl sites for hydroxylation is 1. The summed E-state index contributed by atoms with van der Waals surface area (Å²) in [6.07, 6.45) is 2.15. The number of hydrogen-bond acceptors (Lipinski definition) is 1. The maximum atomic E-state index is 11.2. The van der Waals surface area contributed by atoms with Crippen LogP contribution < -0.4 is 0 Å². The van der Waals surface area contributed by atoms with Crippen LogP contribution >= 0.6 is 0 Å². The Hall–Kier alpha value is -1.31.